The zero-order valence-corrected chi connectivity index (χ0v) is 35.8. The van der Waals surface area contributed by atoms with Crippen molar-refractivity contribution in [2.75, 3.05) is 9.80 Å². The molecule has 0 unspecified atom stereocenters. The average molecular weight is 751 g/mol. The molecule has 0 N–H and O–H groups in total. The SMILES string of the molecule is CCc1ccc(N(c2ccccc2)c2ccc3c(c2)C([Si](C)(C)C)([Si](C)(C)C)c2c-3ccc3cc(N(c4ccccc4)c4ccc(CC)cc4)ccc23)cc1. The minimum atomic E-state index is -1.98. The second-order valence-corrected chi connectivity index (χ2v) is 28.3. The van der Waals surface area contributed by atoms with Crippen molar-refractivity contribution in [2.24, 2.45) is 0 Å². The average Bonchev–Trinajstić information content (AvgIpc) is 3.51. The molecule has 0 atom stereocenters. The van der Waals surface area contributed by atoms with E-state index in [2.05, 4.69) is 221 Å². The maximum atomic E-state index is 2.62. The van der Waals surface area contributed by atoms with Gasteiger partial charge in [-0.2, -0.15) is 0 Å². The quantitative estimate of drug-likeness (QED) is 0.128. The number of benzene rings is 7. The van der Waals surface area contributed by atoms with E-state index in [9.17, 15) is 0 Å². The maximum absolute atomic E-state index is 2.62. The Bertz CT molecular complexity index is 2440. The summed E-state index contributed by atoms with van der Waals surface area (Å²) in [5.74, 6) is 0. The molecule has 1 aliphatic carbocycles. The summed E-state index contributed by atoms with van der Waals surface area (Å²) >= 11 is 0. The summed E-state index contributed by atoms with van der Waals surface area (Å²) < 4.78 is -0.0226. The van der Waals surface area contributed by atoms with E-state index in [4.69, 9.17) is 0 Å². The molecule has 0 fully saturated rings. The van der Waals surface area contributed by atoms with Gasteiger partial charge in [0.15, 0.2) is 0 Å². The van der Waals surface area contributed by atoms with Gasteiger partial charge in [0.1, 0.15) is 0 Å². The number of aryl methyl sites for hydroxylation is 2. The van der Waals surface area contributed by atoms with Gasteiger partial charge in [0.25, 0.3) is 0 Å². The molecule has 7 aromatic carbocycles. The van der Waals surface area contributed by atoms with Crippen LogP contribution in [0.1, 0.15) is 36.1 Å². The molecule has 7 aromatic rings. The molecule has 4 heteroatoms. The number of anilines is 6. The maximum Gasteiger partial charge on any atom is 0.0579 e. The molecule has 8 rings (SSSR count). The number of para-hydroxylation sites is 2. The molecule has 0 aliphatic heterocycles. The summed E-state index contributed by atoms with van der Waals surface area (Å²) in [5, 5.41) is 2.70. The third kappa shape index (κ3) is 6.16. The van der Waals surface area contributed by atoms with Crippen LogP contribution in [0.3, 0.4) is 0 Å². The summed E-state index contributed by atoms with van der Waals surface area (Å²) in [7, 11) is -3.95. The first-order valence-electron chi connectivity index (χ1n) is 20.1. The van der Waals surface area contributed by atoms with Crippen molar-refractivity contribution in [1.29, 1.82) is 0 Å². The first kappa shape index (κ1) is 36.8. The summed E-state index contributed by atoms with van der Waals surface area (Å²) in [6.07, 6.45) is 2.06. The number of rotatable bonds is 10. The topological polar surface area (TPSA) is 6.48 Å². The van der Waals surface area contributed by atoms with Crippen LogP contribution in [0.15, 0.2) is 158 Å². The molecule has 0 bridgehead atoms. The van der Waals surface area contributed by atoms with Gasteiger partial charge in [-0.05, 0) is 130 Å². The first-order valence-corrected chi connectivity index (χ1v) is 27.1. The largest absolute Gasteiger partial charge is 0.310 e. The highest BCUT2D eigenvalue weighted by molar-refractivity contribution is 7.00. The molecule has 2 nitrogen and oxygen atoms in total. The fraction of sp³-hybridized carbons (Fsp3) is 0.216. The van der Waals surface area contributed by atoms with E-state index in [1.54, 1.807) is 5.56 Å². The summed E-state index contributed by atoms with van der Waals surface area (Å²) in [6, 6.07) is 59.4. The van der Waals surface area contributed by atoms with Crippen molar-refractivity contribution in [1.82, 2.24) is 0 Å². The minimum absolute atomic E-state index is 0.0226. The van der Waals surface area contributed by atoms with E-state index >= 15 is 0 Å². The number of nitrogens with zero attached hydrogens (tertiary/aromatic N) is 2. The van der Waals surface area contributed by atoms with Crippen LogP contribution < -0.4 is 9.80 Å². The highest BCUT2D eigenvalue weighted by Gasteiger charge is 2.59. The van der Waals surface area contributed by atoms with Gasteiger partial charge in [-0.25, -0.2) is 0 Å². The predicted molar refractivity (Wildman–Crippen MR) is 245 cm³/mol. The normalized spacial score (nSPS) is 13.4. The highest BCUT2D eigenvalue weighted by Crippen LogP contribution is 2.60. The van der Waals surface area contributed by atoms with Crippen molar-refractivity contribution in [2.45, 2.75) is 70.6 Å². The molecule has 276 valence electrons. The molecule has 0 radical (unpaired) electrons. The molecule has 0 spiro atoms. The number of fused-ring (bicyclic) bond motifs is 5. The third-order valence-electron chi connectivity index (χ3n) is 12.1. The van der Waals surface area contributed by atoms with Crippen molar-refractivity contribution in [3.05, 3.63) is 180 Å². The van der Waals surface area contributed by atoms with Crippen molar-refractivity contribution >= 4 is 61.0 Å². The van der Waals surface area contributed by atoms with E-state index in [0.717, 1.165) is 18.5 Å². The van der Waals surface area contributed by atoms with Crippen molar-refractivity contribution < 1.29 is 0 Å². The second kappa shape index (κ2) is 14.2. The number of hydrogen-bond donors (Lipinski definition) is 0. The Morgan fingerprint density at radius 1 is 0.418 bits per heavy atom. The van der Waals surface area contributed by atoms with Crippen LogP contribution in [0.25, 0.3) is 21.9 Å². The van der Waals surface area contributed by atoms with Crippen LogP contribution in [0.4, 0.5) is 34.1 Å². The van der Waals surface area contributed by atoms with Crippen LogP contribution in [-0.2, 0) is 17.5 Å². The predicted octanol–water partition coefficient (Wildman–Crippen LogP) is 14.9. The van der Waals surface area contributed by atoms with Crippen LogP contribution >= 0.6 is 0 Å². The number of hydrogen-bond acceptors (Lipinski definition) is 2. The Morgan fingerprint density at radius 2 is 0.836 bits per heavy atom. The van der Waals surface area contributed by atoms with Gasteiger partial charge in [-0.15, -0.1) is 0 Å². The molecule has 0 saturated carbocycles. The zero-order valence-electron chi connectivity index (χ0n) is 33.8. The van der Waals surface area contributed by atoms with Crippen LogP contribution in [0, 0.1) is 0 Å². The lowest BCUT2D eigenvalue weighted by Crippen LogP contribution is -2.63. The van der Waals surface area contributed by atoms with Crippen LogP contribution in [0.5, 0.6) is 0 Å². The van der Waals surface area contributed by atoms with Crippen molar-refractivity contribution in [3.8, 4) is 11.1 Å². The lowest BCUT2D eigenvalue weighted by molar-refractivity contribution is 0.961. The van der Waals surface area contributed by atoms with Gasteiger partial charge in [0.05, 0.1) is 16.1 Å². The van der Waals surface area contributed by atoms with E-state index in [1.807, 2.05) is 0 Å². The standard InChI is InChI=1S/C51H54N2Si2/c1-9-37-21-26-42(27-22-37)52(40-17-13-11-14-18-40)44-30-33-46-39(35-44)25-32-48-47-34-31-45(36-49(47)51(50(46)48,54(3,4)5)55(6,7)8)53(41-19-15-12-16-20-41)43-28-23-38(10-2)24-29-43/h11-36H,9-10H2,1-8H3. The molecule has 0 amide bonds. The zero-order chi connectivity index (χ0) is 38.5. The Labute approximate surface area is 331 Å². The van der Waals surface area contributed by atoms with Gasteiger partial charge in [-0.1, -0.05) is 138 Å². The molecule has 0 saturated heterocycles. The van der Waals surface area contributed by atoms with E-state index in [1.165, 1.54) is 67.0 Å². The van der Waals surface area contributed by atoms with Crippen LogP contribution in [0.2, 0.25) is 39.3 Å². The third-order valence-corrected chi connectivity index (χ3v) is 22.1. The van der Waals surface area contributed by atoms with E-state index in [0.29, 0.717) is 0 Å². The molecule has 1 aliphatic rings. The van der Waals surface area contributed by atoms with Gasteiger partial charge >= 0.3 is 0 Å². The lowest BCUT2D eigenvalue weighted by atomic mass is 9.98. The van der Waals surface area contributed by atoms with Gasteiger partial charge in [-0.3, -0.25) is 0 Å². The Hall–Kier alpha value is -5.17. The lowest BCUT2D eigenvalue weighted by Gasteiger charge is -2.51. The summed E-state index contributed by atoms with van der Waals surface area (Å²) in [5.41, 5.74) is 15.7. The Kier molecular flexibility index (Phi) is 9.47. The second-order valence-electron chi connectivity index (χ2n) is 17.3. The highest BCUT2D eigenvalue weighted by atomic mass is 28.4. The monoisotopic (exact) mass is 750 g/mol. The Morgan fingerprint density at radius 3 is 1.31 bits per heavy atom. The van der Waals surface area contributed by atoms with Crippen molar-refractivity contribution in [3.63, 3.8) is 0 Å². The Balaban J connectivity index is 1.34. The van der Waals surface area contributed by atoms with Crippen LogP contribution in [-0.4, -0.2) is 16.1 Å². The fourth-order valence-electron chi connectivity index (χ4n) is 9.93. The van der Waals surface area contributed by atoms with Gasteiger partial charge in [0, 0.05) is 38.8 Å². The summed E-state index contributed by atoms with van der Waals surface area (Å²) in [6.45, 7) is 20.2. The molecular weight excluding hydrogens is 697 g/mol. The molecule has 0 heterocycles. The van der Waals surface area contributed by atoms with E-state index < -0.39 is 16.1 Å². The van der Waals surface area contributed by atoms with Gasteiger partial charge in [0.2, 0.25) is 0 Å². The first-order chi connectivity index (χ1) is 26.5. The smallest absolute Gasteiger partial charge is 0.0579 e. The van der Waals surface area contributed by atoms with E-state index in [-0.39, 0.29) is 4.66 Å². The summed E-state index contributed by atoms with van der Waals surface area (Å²) in [4.78, 5) is 4.86. The molecule has 55 heavy (non-hydrogen) atoms. The minimum Gasteiger partial charge on any atom is -0.310 e. The van der Waals surface area contributed by atoms with Gasteiger partial charge < -0.3 is 9.80 Å². The molecule has 0 aromatic heterocycles. The molecular formula is C51H54N2Si2. The fourth-order valence-corrected chi connectivity index (χ4v) is 23.0.